The third-order valence-electron chi connectivity index (χ3n) is 2.73. The SMILES string of the molecule is C[C@@H](O)CN1CCC(C)(C)CC1. The van der Waals surface area contributed by atoms with E-state index < -0.39 is 0 Å². The summed E-state index contributed by atoms with van der Waals surface area (Å²) in [5.41, 5.74) is 0.523. The molecule has 1 atom stereocenters. The van der Waals surface area contributed by atoms with Crippen molar-refractivity contribution < 1.29 is 5.11 Å². The van der Waals surface area contributed by atoms with E-state index in [1.807, 2.05) is 6.92 Å². The Hall–Kier alpha value is -0.0800. The molecule has 1 fully saturated rings. The van der Waals surface area contributed by atoms with E-state index in [9.17, 15) is 5.11 Å². The van der Waals surface area contributed by atoms with Gasteiger partial charge < -0.3 is 10.0 Å². The summed E-state index contributed by atoms with van der Waals surface area (Å²) in [5.74, 6) is 0. The van der Waals surface area contributed by atoms with Gasteiger partial charge in [-0.1, -0.05) is 13.8 Å². The second kappa shape index (κ2) is 3.75. The van der Waals surface area contributed by atoms with Crippen molar-refractivity contribution in [1.82, 2.24) is 4.90 Å². The molecule has 0 aromatic carbocycles. The lowest BCUT2D eigenvalue weighted by Crippen LogP contribution is -2.40. The van der Waals surface area contributed by atoms with E-state index in [2.05, 4.69) is 18.7 Å². The summed E-state index contributed by atoms with van der Waals surface area (Å²) in [6, 6.07) is 0. The molecule has 12 heavy (non-hydrogen) atoms. The Kier molecular flexibility index (Phi) is 3.13. The van der Waals surface area contributed by atoms with E-state index in [1.165, 1.54) is 12.8 Å². The van der Waals surface area contributed by atoms with Gasteiger partial charge in [0.2, 0.25) is 0 Å². The largest absolute Gasteiger partial charge is 0.392 e. The van der Waals surface area contributed by atoms with E-state index in [4.69, 9.17) is 0 Å². The standard InChI is InChI=1S/C10H21NO/c1-9(12)8-11-6-4-10(2,3)5-7-11/h9,12H,4-8H2,1-3H3/t9-/m1/s1. The van der Waals surface area contributed by atoms with Gasteiger partial charge in [0, 0.05) is 6.54 Å². The number of likely N-dealkylation sites (tertiary alicyclic amines) is 1. The van der Waals surface area contributed by atoms with Crippen molar-refractivity contribution >= 4 is 0 Å². The predicted octanol–water partition coefficient (Wildman–Crippen LogP) is 1.49. The first-order valence-electron chi connectivity index (χ1n) is 4.90. The minimum Gasteiger partial charge on any atom is -0.392 e. The highest BCUT2D eigenvalue weighted by molar-refractivity contribution is 4.78. The van der Waals surface area contributed by atoms with Gasteiger partial charge in [-0.25, -0.2) is 0 Å². The van der Waals surface area contributed by atoms with Crippen molar-refractivity contribution in [2.75, 3.05) is 19.6 Å². The molecule has 1 saturated heterocycles. The van der Waals surface area contributed by atoms with Gasteiger partial charge in [-0.05, 0) is 38.3 Å². The Morgan fingerprint density at radius 2 is 1.83 bits per heavy atom. The molecule has 0 amide bonds. The summed E-state index contributed by atoms with van der Waals surface area (Å²) in [6.45, 7) is 9.66. The zero-order valence-corrected chi connectivity index (χ0v) is 8.51. The fraction of sp³-hybridized carbons (Fsp3) is 1.00. The van der Waals surface area contributed by atoms with Crippen molar-refractivity contribution in [3.63, 3.8) is 0 Å². The zero-order valence-electron chi connectivity index (χ0n) is 8.51. The molecular formula is C10H21NO. The molecule has 1 heterocycles. The second-order valence-electron chi connectivity index (χ2n) is 4.81. The van der Waals surface area contributed by atoms with Gasteiger partial charge in [0.05, 0.1) is 6.10 Å². The highest BCUT2D eigenvalue weighted by Gasteiger charge is 2.25. The lowest BCUT2D eigenvalue weighted by atomic mass is 9.82. The molecule has 0 aromatic heterocycles. The summed E-state index contributed by atoms with van der Waals surface area (Å²) in [4.78, 5) is 2.36. The molecule has 0 spiro atoms. The number of aliphatic hydroxyl groups is 1. The van der Waals surface area contributed by atoms with Crippen molar-refractivity contribution in [2.24, 2.45) is 5.41 Å². The van der Waals surface area contributed by atoms with Gasteiger partial charge >= 0.3 is 0 Å². The topological polar surface area (TPSA) is 23.5 Å². The molecule has 1 aliphatic rings. The van der Waals surface area contributed by atoms with Gasteiger partial charge in [0.1, 0.15) is 0 Å². The first-order chi connectivity index (χ1) is 5.49. The fourth-order valence-corrected chi connectivity index (χ4v) is 1.71. The van der Waals surface area contributed by atoms with Crippen LogP contribution in [0.3, 0.4) is 0 Å². The molecule has 1 N–H and O–H groups in total. The average Bonchev–Trinajstić information content (AvgIpc) is 1.93. The van der Waals surface area contributed by atoms with Crippen LogP contribution in [0.5, 0.6) is 0 Å². The zero-order chi connectivity index (χ0) is 9.19. The van der Waals surface area contributed by atoms with E-state index in [1.54, 1.807) is 0 Å². The highest BCUT2D eigenvalue weighted by Crippen LogP contribution is 2.29. The smallest absolute Gasteiger partial charge is 0.0639 e. The maximum Gasteiger partial charge on any atom is 0.0639 e. The van der Waals surface area contributed by atoms with Crippen LogP contribution in [-0.2, 0) is 0 Å². The van der Waals surface area contributed by atoms with Crippen molar-refractivity contribution in [3.8, 4) is 0 Å². The van der Waals surface area contributed by atoms with Crippen molar-refractivity contribution in [1.29, 1.82) is 0 Å². The first-order valence-corrected chi connectivity index (χ1v) is 4.90. The Balaban J connectivity index is 2.27. The van der Waals surface area contributed by atoms with Gasteiger partial charge in [0.25, 0.3) is 0 Å². The molecule has 1 aliphatic heterocycles. The Bertz CT molecular complexity index is 133. The van der Waals surface area contributed by atoms with Gasteiger partial charge in [-0.3, -0.25) is 0 Å². The quantitative estimate of drug-likeness (QED) is 0.680. The van der Waals surface area contributed by atoms with Crippen LogP contribution in [0.25, 0.3) is 0 Å². The first kappa shape index (κ1) is 10.0. The maximum atomic E-state index is 9.19. The molecule has 0 bridgehead atoms. The van der Waals surface area contributed by atoms with Crippen LogP contribution in [0.4, 0.5) is 0 Å². The van der Waals surface area contributed by atoms with Crippen LogP contribution >= 0.6 is 0 Å². The minimum atomic E-state index is -0.175. The molecule has 2 nitrogen and oxygen atoms in total. The van der Waals surface area contributed by atoms with Crippen molar-refractivity contribution in [3.05, 3.63) is 0 Å². The normalized spacial score (nSPS) is 27.0. The number of hydrogen-bond donors (Lipinski definition) is 1. The lowest BCUT2D eigenvalue weighted by molar-refractivity contribution is 0.0787. The molecule has 0 aromatic rings. The van der Waals surface area contributed by atoms with Crippen LogP contribution < -0.4 is 0 Å². The number of aliphatic hydroxyl groups excluding tert-OH is 1. The molecule has 0 saturated carbocycles. The Morgan fingerprint density at radius 3 is 2.25 bits per heavy atom. The monoisotopic (exact) mass is 171 g/mol. The van der Waals surface area contributed by atoms with Crippen LogP contribution in [0.15, 0.2) is 0 Å². The highest BCUT2D eigenvalue weighted by atomic mass is 16.3. The van der Waals surface area contributed by atoms with E-state index in [0.29, 0.717) is 5.41 Å². The van der Waals surface area contributed by atoms with Gasteiger partial charge in [-0.2, -0.15) is 0 Å². The van der Waals surface area contributed by atoms with Crippen LogP contribution in [-0.4, -0.2) is 35.7 Å². The Labute approximate surface area is 75.6 Å². The number of rotatable bonds is 2. The minimum absolute atomic E-state index is 0.175. The number of nitrogens with zero attached hydrogens (tertiary/aromatic N) is 1. The third-order valence-corrected chi connectivity index (χ3v) is 2.73. The summed E-state index contributed by atoms with van der Waals surface area (Å²) < 4.78 is 0. The summed E-state index contributed by atoms with van der Waals surface area (Å²) in [5, 5.41) is 9.19. The van der Waals surface area contributed by atoms with E-state index in [-0.39, 0.29) is 6.10 Å². The molecule has 0 aliphatic carbocycles. The molecule has 0 radical (unpaired) electrons. The summed E-state index contributed by atoms with van der Waals surface area (Å²) >= 11 is 0. The van der Waals surface area contributed by atoms with Gasteiger partial charge in [0.15, 0.2) is 0 Å². The summed E-state index contributed by atoms with van der Waals surface area (Å²) in [7, 11) is 0. The second-order valence-corrected chi connectivity index (χ2v) is 4.81. The molecule has 1 rings (SSSR count). The number of hydrogen-bond acceptors (Lipinski definition) is 2. The van der Waals surface area contributed by atoms with Gasteiger partial charge in [-0.15, -0.1) is 0 Å². The molecule has 2 heteroatoms. The lowest BCUT2D eigenvalue weighted by Gasteiger charge is -2.37. The fourth-order valence-electron chi connectivity index (χ4n) is 1.71. The third kappa shape index (κ3) is 3.11. The number of β-amino-alcohol motifs (C(OH)–C–C–N with tert-alkyl or cyclic N) is 1. The maximum absolute atomic E-state index is 9.19. The predicted molar refractivity (Wildman–Crippen MR) is 51.1 cm³/mol. The average molecular weight is 171 g/mol. The Morgan fingerprint density at radius 1 is 1.33 bits per heavy atom. The van der Waals surface area contributed by atoms with Crippen LogP contribution in [0.2, 0.25) is 0 Å². The number of piperidine rings is 1. The van der Waals surface area contributed by atoms with Crippen LogP contribution in [0, 0.1) is 5.41 Å². The summed E-state index contributed by atoms with van der Waals surface area (Å²) in [6.07, 6.45) is 2.35. The van der Waals surface area contributed by atoms with E-state index >= 15 is 0 Å². The molecule has 72 valence electrons. The molecular weight excluding hydrogens is 150 g/mol. The van der Waals surface area contributed by atoms with E-state index in [0.717, 1.165) is 19.6 Å². The van der Waals surface area contributed by atoms with Crippen molar-refractivity contribution in [2.45, 2.75) is 39.7 Å². The molecule has 0 unspecified atom stereocenters. The van der Waals surface area contributed by atoms with Crippen LogP contribution in [0.1, 0.15) is 33.6 Å².